The van der Waals surface area contributed by atoms with Gasteiger partial charge >= 0.3 is 17.9 Å². The van der Waals surface area contributed by atoms with Crippen LogP contribution in [0.15, 0.2) is 85.1 Å². The van der Waals surface area contributed by atoms with Gasteiger partial charge in [-0.1, -0.05) is 209 Å². The molecule has 0 aromatic carbocycles. The fourth-order valence-corrected chi connectivity index (χ4v) is 7.04. The number of allylic oxidation sites excluding steroid dienone is 14. The van der Waals surface area contributed by atoms with E-state index in [0.29, 0.717) is 19.3 Å². The highest BCUT2D eigenvalue weighted by molar-refractivity contribution is 5.71. The Bertz CT molecular complexity index is 1240. The molecule has 1 unspecified atom stereocenters. The lowest BCUT2D eigenvalue weighted by Crippen LogP contribution is -2.30. The van der Waals surface area contributed by atoms with Gasteiger partial charge in [-0.25, -0.2) is 0 Å². The Kier molecular flexibility index (Phi) is 48.5. The van der Waals surface area contributed by atoms with E-state index in [1.54, 1.807) is 0 Å². The molecule has 0 aliphatic rings. The van der Waals surface area contributed by atoms with Crippen molar-refractivity contribution in [3.8, 4) is 0 Å². The third-order valence-corrected chi connectivity index (χ3v) is 10.9. The van der Waals surface area contributed by atoms with Crippen molar-refractivity contribution >= 4 is 17.9 Å². The summed E-state index contributed by atoms with van der Waals surface area (Å²) in [4.78, 5) is 38.0. The number of carbonyl (C=O) groups is 3. The predicted octanol–water partition coefficient (Wildman–Crippen LogP) is 17.2. The zero-order valence-corrected chi connectivity index (χ0v) is 41.1. The zero-order chi connectivity index (χ0) is 45.8. The van der Waals surface area contributed by atoms with Gasteiger partial charge < -0.3 is 14.2 Å². The second-order valence-corrected chi connectivity index (χ2v) is 17.1. The third kappa shape index (κ3) is 49.5. The van der Waals surface area contributed by atoms with Crippen LogP contribution in [-0.2, 0) is 28.6 Å². The van der Waals surface area contributed by atoms with E-state index in [9.17, 15) is 14.4 Å². The van der Waals surface area contributed by atoms with Gasteiger partial charge in [-0.05, 0) is 96.3 Å². The minimum Gasteiger partial charge on any atom is -0.462 e. The SMILES string of the molecule is CC\C=C/C=C\C=C/CCCCCCCC(=O)OCC(COC(=O)CCCCCCC/C=C\CCCCCCCCCCC)OC(=O)CCCCCC/C=C\C/C=C\C/C=C\CC. The Hall–Kier alpha value is -3.41. The lowest BCUT2D eigenvalue weighted by molar-refractivity contribution is -0.167. The zero-order valence-electron chi connectivity index (χ0n) is 41.1. The number of unbranched alkanes of at least 4 members (excludes halogenated alkanes) is 23. The molecule has 0 fully saturated rings. The lowest BCUT2D eigenvalue weighted by Gasteiger charge is -2.18. The molecule has 6 nitrogen and oxygen atoms in total. The van der Waals surface area contributed by atoms with E-state index in [2.05, 4.69) is 106 Å². The molecule has 360 valence electrons. The molecule has 0 heterocycles. The van der Waals surface area contributed by atoms with Crippen LogP contribution >= 0.6 is 0 Å². The number of carbonyl (C=O) groups excluding carboxylic acids is 3. The van der Waals surface area contributed by atoms with Gasteiger partial charge in [0, 0.05) is 19.3 Å². The van der Waals surface area contributed by atoms with Crippen LogP contribution in [0.3, 0.4) is 0 Å². The van der Waals surface area contributed by atoms with Crippen LogP contribution in [0.1, 0.15) is 239 Å². The normalized spacial score (nSPS) is 12.7. The summed E-state index contributed by atoms with van der Waals surface area (Å²) in [6.07, 6.45) is 65.7. The average Bonchev–Trinajstić information content (AvgIpc) is 3.28. The first-order valence-corrected chi connectivity index (χ1v) is 26.1. The van der Waals surface area contributed by atoms with Gasteiger partial charge in [0.25, 0.3) is 0 Å². The van der Waals surface area contributed by atoms with Crippen molar-refractivity contribution in [1.82, 2.24) is 0 Å². The molecule has 0 amide bonds. The molecule has 1 atom stereocenters. The molecule has 63 heavy (non-hydrogen) atoms. The van der Waals surface area contributed by atoms with Crippen LogP contribution < -0.4 is 0 Å². The van der Waals surface area contributed by atoms with Crippen molar-refractivity contribution in [2.75, 3.05) is 13.2 Å². The summed E-state index contributed by atoms with van der Waals surface area (Å²) in [5, 5.41) is 0. The standard InChI is InChI=1S/C57H96O6/c1-4-7-10-13-16-19-22-25-27-28-29-30-33-35-38-41-44-47-50-56(59)62-53-54(52-61-55(58)49-46-43-40-37-34-31-24-21-18-15-12-9-6-3)63-57(60)51-48-45-42-39-36-32-26-23-20-17-14-11-8-5-2/h8-9,11-12,15,17-18,20-21,24,26,29-30,32,54H,4-7,10,13-14,16,19,22-23,25,27-28,31,33-53H2,1-3H3/b11-8-,12-9-,18-15-,20-17-,24-21-,30-29-,32-26-. The highest BCUT2D eigenvalue weighted by Gasteiger charge is 2.19. The molecule has 0 spiro atoms. The first-order chi connectivity index (χ1) is 31.0. The number of rotatable bonds is 46. The lowest BCUT2D eigenvalue weighted by atomic mass is 10.1. The molecule has 0 rings (SSSR count). The van der Waals surface area contributed by atoms with Crippen LogP contribution in [0, 0.1) is 0 Å². The fraction of sp³-hybridized carbons (Fsp3) is 0.702. The highest BCUT2D eigenvalue weighted by Crippen LogP contribution is 2.14. The monoisotopic (exact) mass is 877 g/mol. The predicted molar refractivity (Wildman–Crippen MR) is 270 cm³/mol. The van der Waals surface area contributed by atoms with Crippen molar-refractivity contribution in [2.45, 2.75) is 245 Å². The van der Waals surface area contributed by atoms with E-state index in [-0.39, 0.29) is 31.1 Å². The summed E-state index contributed by atoms with van der Waals surface area (Å²) in [7, 11) is 0. The van der Waals surface area contributed by atoms with Gasteiger partial charge in [0.15, 0.2) is 6.10 Å². The van der Waals surface area contributed by atoms with Crippen molar-refractivity contribution < 1.29 is 28.6 Å². The Morgan fingerprint density at radius 1 is 0.349 bits per heavy atom. The molecule has 0 radical (unpaired) electrons. The molecule has 6 heteroatoms. The summed E-state index contributed by atoms with van der Waals surface area (Å²) >= 11 is 0. The Labute approximate surface area is 388 Å². The maximum Gasteiger partial charge on any atom is 0.306 e. The Balaban J connectivity index is 4.43. The third-order valence-electron chi connectivity index (χ3n) is 10.9. The smallest absolute Gasteiger partial charge is 0.306 e. The summed E-state index contributed by atoms with van der Waals surface area (Å²) in [6.45, 7) is 6.35. The van der Waals surface area contributed by atoms with E-state index >= 15 is 0 Å². The number of hydrogen-bond donors (Lipinski definition) is 0. The minimum absolute atomic E-state index is 0.0973. The van der Waals surface area contributed by atoms with Gasteiger partial charge in [-0.15, -0.1) is 0 Å². The van der Waals surface area contributed by atoms with Crippen LogP contribution in [0.2, 0.25) is 0 Å². The molecule has 0 aromatic heterocycles. The fourth-order valence-electron chi connectivity index (χ4n) is 7.04. The van der Waals surface area contributed by atoms with Gasteiger partial charge in [0.05, 0.1) is 0 Å². The second kappa shape index (κ2) is 51.2. The number of esters is 3. The summed E-state index contributed by atoms with van der Waals surface area (Å²) in [5.74, 6) is -0.949. The van der Waals surface area contributed by atoms with Gasteiger partial charge in [-0.3, -0.25) is 14.4 Å². The summed E-state index contributed by atoms with van der Waals surface area (Å²) in [6, 6.07) is 0. The van der Waals surface area contributed by atoms with Crippen molar-refractivity contribution in [3.05, 3.63) is 85.1 Å². The molecule has 0 bridgehead atoms. The quantitative estimate of drug-likeness (QED) is 0.0199. The van der Waals surface area contributed by atoms with Gasteiger partial charge in [0.1, 0.15) is 13.2 Å². The second-order valence-electron chi connectivity index (χ2n) is 17.1. The molecule has 0 saturated heterocycles. The first kappa shape index (κ1) is 59.6. The number of ether oxygens (including phenoxy) is 3. The Morgan fingerprint density at radius 2 is 0.698 bits per heavy atom. The number of hydrogen-bond acceptors (Lipinski definition) is 6. The van der Waals surface area contributed by atoms with E-state index in [1.165, 1.54) is 77.0 Å². The van der Waals surface area contributed by atoms with E-state index in [1.807, 2.05) is 0 Å². The molecular weight excluding hydrogens is 781 g/mol. The van der Waals surface area contributed by atoms with Gasteiger partial charge in [-0.2, -0.15) is 0 Å². The maximum absolute atomic E-state index is 12.8. The van der Waals surface area contributed by atoms with E-state index in [0.717, 1.165) is 122 Å². The van der Waals surface area contributed by atoms with Gasteiger partial charge in [0.2, 0.25) is 0 Å². The highest BCUT2D eigenvalue weighted by atomic mass is 16.6. The summed E-state index contributed by atoms with van der Waals surface area (Å²) < 4.78 is 16.8. The van der Waals surface area contributed by atoms with Crippen molar-refractivity contribution in [2.24, 2.45) is 0 Å². The maximum atomic E-state index is 12.8. The largest absolute Gasteiger partial charge is 0.462 e. The van der Waals surface area contributed by atoms with Crippen LogP contribution in [-0.4, -0.2) is 37.2 Å². The summed E-state index contributed by atoms with van der Waals surface area (Å²) in [5.41, 5.74) is 0. The average molecular weight is 877 g/mol. The molecule has 0 aliphatic carbocycles. The molecule has 0 saturated carbocycles. The minimum atomic E-state index is -0.800. The Morgan fingerprint density at radius 3 is 1.16 bits per heavy atom. The molecular formula is C57H96O6. The van der Waals surface area contributed by atoms with E-state index < -0.39 is 6.10 Å². The molecule has 0 N–H and O–H groups in total. The van der Waals surface area contributed by atoms with Crippen LogP contribution in [0.4, 0.5) is 0 Å². The van der Waals surface area contributed by atoms with Crippen LogP contribution in [0.25, 0.3) is 0 Å². The molecule has 0 aliphatic heterocycles. The topological polar surface area (TPSA) is 78.9 Å². The van der Waals surface area contributed by atoms with E-state index in [4.69, 9.17) is 14.2 Å². The van der Waals surface area contributed by atoms with Crippen LogP contribution in [0.5, 0.6) is 0 Å². The molecule has 0 aromatic rings. The van der Waals surface area contributed by atoms with Crippen molar-refractivity contribution in [1.29, 1.82) is 0 Å². The first-order valence-electron chi connectivity index (χ1n) is 26.1. The van der Waals surface area contributed by atoms with Crippen molar-refractivity contribution in [3.63, 3.8) is 0 Å².